The third kappa shape index (κ3) is 3.65. The van der Waals surface area contributed by atoms with Crippen molar-refractivity contribution in [2.24, 2.45) is 0 Å². The van der Waals surface area contributed by atoms with Gasteiger partial charge in [-0.3, -0.25) is 4.79 Å². The number of methoxy groups -OCH3 is 2. The van der Waals surface area contributed by atoms with Crippen LogP contribution in [0.4, 0.5) is 0 Å². The average molecular weight is 405 g/mol. The van der Waals surface area contributed by atoms with Crippen LogP contribution in [0.3, 0.4) is 0 Å². The van der Waals surface area contributed by atoms with Crippen LogP contribution >= 0.6 is 0 Å². The molecule has 0 saturated heterocycles. The Bertz CT molecular complexity index is 1180. The largest absolute Gasteiger partial charge is 0.497 e. The summed E-state index contributed by atoms with van der Waals surface area (Å²) in [4.78, 5) is 24.7. The van der Waals surface area contributed by atoms with E-state index in [0.29, 0.717) is 24.5 Å². The van der Waals surface area contributed by atoms with Crippen molar-refractivity contribution in [2.45, 2.75) is 6.54 Å². The molecule has 0 saturated carbocycles. The van der Waals surface area contributed by atoms with Crippen molar-refractivity contribution >= 4 is 16.9 Å². The summed E-state index contributed by atoms with van der Waals surface area (Å²) in [5, 5.41) is 2.64. The number of imidazole rings is 2. The molecule has 0 aliphatic heterocycles. The van der Waals surface area contributed by atoms with Crippen LogP contribution in [0.15, 0.2) is 48.7 Å². The Balaban J connectivity index is 1.76. The lowest BCUT2D eigenvalue weighted by Gasteiger charge is -2.07. The van der Waals surface area contributed by atoms with Gasteiger partial charge in [0.25, 0.3) is 5.91 Å². The van der Waals surface area contributed by atoms with E-state index >= 15 is 0 Å². The smallest absolute Gasteiger partial charge is 0.251 e. The molecule has 154 valence electrons. The first-order valence-corrected chi connectivity index (χ1v) is 9.56. The van der Waals surface area contributed by atoms with Gasteiger partial charge in [-0.25, -0.2) is 9.97 Å². The third-order valence-corrected chi connectivity index (χ3v) is 4.93. The van der Waals surface area contributed by atoms with Gasteiger partial charge in [0, 0.05) is 38.0 Å². The van der Waals surface area contributed by atoms with Gasteiger partial charge in [-0.1, -0.05) is 0 Å². The molecule has 8 nitrogen and oxygen atoms in total. The van der Waals surface area contributed by atoms with E-state index in [1.165, 1.54) is 0 Å². The molecule has 0 aliphatic rings. The van der Waals surface area contributed by atoms with E-state index in [2.05, 4.69) is 14.9 Å². The van der Waals surface area contributed by atoms with Crippen LogP contribution in [-0.4, -0.2) is 53.3 Å². The quantitative estimate of drug-likeness (QED) is 0.493. The van der Waals surface area contributed by atoms with E-state index in [1.54, 1.807) is 33.4 Å². The lowest BCUT2D eigenvalue weighted by atomic mass is 10.2. The summed E-state index contributed by atoms with van der Waals surface area (Å²) < 4.78 is 12.6. The van der Waals surface area contributed by atoms with Crippen LogP contribution in [0, 0.1) is 0 Å². The van der Waals surface area contributed by atoms with E-state index in [1.807, 2.05) is 36.5 Å². The zero-order chi connectivity index (χ0) is 21.1. The number of nitrogens with zero attached hydrogens (tertiary/aromatic N) is 3. The van der Waals surface area contributed by atoms with Gasteiger partial charge in [0.05, 0.1) is 24.8 Å². The maximum atomic E-state index is 12.0. The summed E-state index contributed by atoms with van der Waals surface area (Å²) in [5.41, 5.74) is 3.88. The van der Waals surface area contributed by atoms with E-state index in [4.69, 9.17) is 19.4 Å². The van der Waals surface area contributed by atoms with Crippen LogP contribution in [0.2, 0.25) is 0 Å². The number of hydrogen-bond acceptors (Lipinski definition) is 5. The Morgan fingerprint density at radius 2 is 1.93 bits per heavy atom. The van der Waals surface area contributed by atoms with Gasteiger partial charge >= 0.3 is 0 Å². The summed E-state index contributed by atoms with van der Waals surface area (Å²) in [6, 6.07) is 13.2. The Labute approximate surface area is 173 Å². The van der Waals surface area contributed by atoms with E-state index < -0.39 is 0 Å². The number of aromatic amines is 1. The zero-order valence-corrected chi connectivity index (χ0v) is 17.1. The summed E-state index contributed by atoms with van der Waals surface area (Å²) in [6.07, 6.45) is 1.84. The molecule has 0 spiro atoms. The minimum atomic E-state index is -0.147. The van der Waals surface area contributed by atoms with Crippen LogP contribution in [0.5, 0.6) is 5.75 Å². The van der Waals surface area contributed by atoms with Crippen molar-refractivity contribution in [3.05, 3.63) is 54.2 Å². The van der Waals surface area contributed by atoms with E-state index in [9.17, 15) is 4.79 Å². The SMILES string of the molecule is CNC(=O)c1ccc2c(c1)nc(-c1c[nH]c(-c3ccc(OC)cc3)n1)n2CCOC. The first kappa shape index (κ1) is 19.7. The van der Waals surface area contributed by atoms with Crippen LogP contribution < -0.4 is 10.1 Å². The number of aromatic nitrogens is 4. The van der Waals surface area contributed by atoms with Gasteiger partial charge in [0.2, 0.25) is 0 Å². The molecular weight excluding hydrogens is 382 g/mol. The van der Waals surface area contributed by atoms with Crippen molar-refractivity contribution in [1.82, 2.24) is 24.8 Å². The number of H-pyrrole nitrogens is 1. The molecule has 8 heteroatoms. The standard InChI is InChI=1S/C22H23N5O3/c1-23-22(28)15-6-9-19-17(12-15)26-21(27(19)10-11-29-2)18-13-24-20(25-18)14-4-7-16(30-3)8-5-14/h4-9,12-13H,10-11H2,1-3H3,(H,23,28)(H,24,25). The zero-order valence-electron chi connectivity index (χ0n) is 17.1. The number of rotatable bonds is 7. The third-order valence-electron chi connectivity index (χ3n) is 4.93. The number of ether oxygens (including phenoxy) is 2. The minimum Gasteiger partial charge on any atom is -0.497 e. The average Bonchev–Trinajstić information content (AvgIpc) is 3.41. The van der Waals surface area contributed by atoms with Crippen molar-refractivity contribution in [2.75, 3.05) is 27.9 Å². The molecule has 0 fully saturated rings. The Hall–Kier alpha value is -3.65. The molecule has 0 unspecified atom stereocenters. The number of hydrogen-bond donors (Lipinski definition) is 2. The summed E-state index contributed by atoms with van der Waals surface area (Å²) in [5.74, 6) is 2.10. The minimum absolute atomic E-state index is 0.147. The van der Waals surface area contributed by atoms with E-state index in [-0.39, 0.29) is 5.91 Å². The molecule has 0 aliphatic carbocycles. The monoisotopic (exact) mass is 405 g/mol. The second-order valence-corrected chi connectivity index (χ2v) is 6.73. The molecule has 4 aromatic rings. The lowest BCUT2D eigenvalue weighted by Crippen LogP contribution is -2.17. The Morgan fingerprint density at radius 1 is 1.13 bits per heavy atom. The van der Waals surface area contributed by atoms with Crippen LogP contribution in [0.25, 0.3) is 33.9 Å². The lowest BCUT2D eigenvalue weighted by molar-refractivity contribution is 0.0963. The molecule has 1 amide bonds. The first-order valence-electron chi connectivity index (χ1n) is 9.56. The molecule has 2 aromatic heterocycles. The molecule has 0 atom stereocenters. The predicted molar refractivity (Wildman–Crippen MR) is 115 cm³/mol. The van der Waals surface area contributed by atoms with Crippen LogP contribution in [-0.2, 0) is 11.3 Å². The molecule has 2 aromatic carbocycles. The van der Waals surface area contributed by atoms with Gasteiger partial charge in [-0.2, -0.15) is 0 Å². The fraction of sp³-hybridized carbons (Fsp3) is 0.227. The van der Waals surface area contributed by atoms with Gasteiger partial charge in [0.15, 0.2) is 5.82 Å². The maximum absolute atomic E-state index is 12.0. The molecule has 4 rings (SSSR count). The molecule has 0 radical (unpaired) electrons. The molecule has 2 heterocycles. The van der Waals surface area contributed by atoms with Gasteiger partial charge in [0.1, 0.15) is 17.3 Å². The van der Waals surface area contributed by atoms with Gasteiger partial charge in [-0.15, -0.1) is 0 Å². The highest BCUT2D eigenvalue weighted by atomic mass is 16.5. The predicted octanol–water partition coefficient (Wildman–Crippen LogP) is 3.11. The highest BCUT2D eigenvalue weighted by Gasteiger charge is 2.17. The number of carbonyl (C=O) groups excluding carboxylic acids is 1. The highest BCUT2D eigenvalue weighted by Crippen LogP contribution is 2.27. The first-order chi connectivity index (χ1) is 14.6. The fourth-order valence-electron chi connectivity index (χ4n) is 3.35. The summed E-state index contributed by atoms with van der Waals surface area (Å²) in [7, 11) is 4.92. The van der Waals surface area contributed by atoms with Crippen molar-refractivity contribution in [3.63, 3.8) is 0 Å². The normalized spacial score (nSPS) is 11.0. The van der Waals surface area contributed by atoms with Gasteiger partial charge in [-0.05, 0) is 42.5 Å². The molecule has 2 N–H and O–H groups in total. The number of nitrogens with one attached hydrogen (secondary N) is 2. The number of carbonyl (C=O) groups is 1. The Morgan fingerprint density at radius 3 is 2.63 bits per heavy atom. The van der Waals surface area contributed by atoms with E-state index in [0.717, 1.165) is 33.9 Å². The second-order valence-electron chi connectivity index (χ2n) is 6.73. The maximum Gasteiger partial charge on any atom is 0.251 e. The molecule has 30 heavy (non-hydrogen) atoms. The number of fused-ring (bicyclic) bond motifs is 1. The summed E-state index contributed by atoms with van der Waals surface area (Å²) >= 11 is 0. The summed E-state index contributed by atoms with van der Waals surface area (Å²) in [6.45, 7) is 1.15. The van der Waals surface area contributed by atoms with Crippen molar-refractivity contribution in [1.29, 1.82) is 0 Å². The van der Waals surface area contributed by atoms with Crippen molar-refractivity contribution in [3.8, 4) is 28.7 Å². The molecular formula is C22H23N5O3. The Kier molecular flexibility index (Phi) is 5.49. The van der Waals surface area contributed by atoms with Crippen molar-refractivity contribution < 1.29 is 14.3 Å². The van der Waals surface area contributed by atoms with Crippen LogP contribution in [0.1, 0.15) is 10.4 Å². The highest BCUT2D eigenvalue weighted by molar-refractivity contribution is 5.97. The topological polar surface area (TPSA) is 94.1 Å². The molecule has 0 bridgehead atoms. The number of benzene rings is 2. The second kappa shape index (κ2) is 8.38. The fourth-order valence-corrected chi connectivity index (χ4v) is 3.35. The van der Waals surface area contributed by atoms with Gasteiger partial charge < -0.3 is 24.3 Å². The number of amides is 1.